The molecule has 0 heterocycles. The Labute approximate surface area is 143 Å². The Morgan fingerprint density at radius 2 is 1.71 bits per heavy atom. The zero-order valence-electron chi connectivity index (χ0n) is 13.9. The normalized spacial score (nSPS) is 14.1. The van der Waals surface area contributed by atoms with Crippen molar-refractivity contribution in [3.05, 3.63) is 65.7 Å². The Balaban J connectivity index is 1.91. The average molecular weight is 349 g/mol. The minimum Gasteiger partial charge on any atom is -0.497 e. The van der Waals surface area contributed by atoms with Crippen LogP contribution in [0.2, 0.25) is 0 Å². The van der Waals surface area contributed by atoms with Crippen molar-refractivity contribution in [1.29, 1.82) is 0 Å². The summed E-state index contributed by atoms with van der Waals surface area (Å²) < 4.78 is 31.9. The van der Waals surface area contributed by atoms with Crippen LogP contribution < -0.4 is 9.46 Å². The van der Waals surface area contributed by atoms with Crippen LogP contribution in [-0.2, 0) is 22.0 Å². The summed E-state index contributed by atoms with van der Waals surface area (Å²) in [6.45, 7) is 1.52. The molecule has 1 unspecified atom stereocenters. The molecule has 0 aliphatic rings. The number of ether oxygens (including phenoxy) is 1. The maximum absolute atomic E-state index is 12.2. The number of benzene rings is 2. The molecule has 0 spiro atoms. The highest BCUT2D eigenvalue weighted by Gasteiger charge is 2.25. The van der Waals surface area contributed by atoms with Gasteiger partial charge in [0.1, 0.15) is 11.4 Å². The minimum absolute atomic E-state index is 0.0375. The van der Waals surface area contributed by atoms with Crippen molar-refractivity contribution in [2.45, 2.75) is 18.9 Å². The molecular weight excluding hydrogens is 326 g/mol. The van der Waals surface area contributed by atoms with E-state index in [1.165, 1.54) is 0 Å². The molecule has 0 saturated heterocycles. The Bertz CT molecular complexity index is 740. The third-order valence-electron chi connectivity index (χ3n) is 3.85. The first-order chi connectivity index (χ1) is 11.3. The summed E-state index contributed by atoms with van der Waals surface area (Å²) in [6.07, 6.45) is 0.396. The Morgan fingerprint density at radius 3 is 2.29 bits per heavy atom. The van der Waals surface area contributed by atoms with Gasteiger partial charge in [-0.15, -0.1) is 0 Å². The van der Waals surface area contributed by atoms with Crippen LogP contribution in [0.15, 0.2) is 54.6 Å². The zero-order valence-corrected chi connectivity index (χ0v) is 14.7. The summed E-state index contributed by atoms with van der Waals surface area (Å²) in [5, 5.41) is 10.5. The second kappa shape index (κ2) is 7.79. The molecule has 6 heteroatoms. The highest BCUT2D eigenvalue weighted by molar-refractivity contribution is 7.89. The molecule has 2 aromatic carbocycles. The summed E-state index contributed by atoms with van der Waals surface area (Å²) in [5.41, 5.74) is 0.327. The van der Waals surface area contributed by atoms with Crippen LogP contribution in [-0.4, -0.2) is 32.9 Å². The molecule has 5 nitrogen and oxygen atoms in total. The summed E-state index contributed by atoms with van der Waals surface area (Å²) >= 11 is 0. The number of methoxy groups -OCH3 is 1. The van der Waals surface area contributed by atoms with Gasteiger partial charge < -0.3 is 9.84 Å². The lowest BCUT2D eigenvalue weighted by Gasteiger charge is -2.24. The van der Waals surface area contributed by atoms with E-state index in [4.69, 9.17) is 4.74 Å². The first-order valence-electron chi connectivity index (χ1n) is 7.70. The second-order valence-corrected chi connectivity index (χ2v) is 7.80. The fourth-order valence-electron chi connectivity index (χ4n) is 2.27. The predicted molar refractivity (Wildman–Crippen MR) is 94.5 cm³/mol. The molecule has 2 N–H and O–H groups in total. The van der Waals surface area contributed by atoms with Gasteiger partial charge in [0.15, 0.2) is 0 Å². The number of sulfonamides is 1. The number of aryl methyl sites for hydroxylation is 1. The van der Waals surface area contributed by atoms with Crippen LogP contribution in [0.3, 0.4) is 0 Å². The Hall–Kier alpha value is -1.89. The van der Waals surface area contributed by atoms with Crippen molar-refractivity contribution in [2.75, 3.05) is 19.4 Å². The van der Waals surface area contributed by atoms with Gasteiger partial charge in [-0.05, 0) is 36.6 Å². The van der Waals surface area contributed by atoms with Crippen molar-refractivity contribution in [3.8, 4) is 5.75 Å². The van der Waals surface area contributed by atoms with Crippen molar-refractivity contribution < 1.29 is 18.3 Å². The molecule has 0 aromatic heterocycles. The molecule has 130 valence electrons. The molecule has 2 aromatic rings. The molecule has 24 heavy (non-hydrogen) atoms. The lowest BCUT2D eigenvalue weighted by molar-refractivity contribution is 0.0627. The van der Waals surface area contributed by atoms with Gasteiger partial charge >= 0.3 is 0 Å². The van der Waals surface area contributed by atoms with Crippen molar-refractivity contribution in [1.82, 2.24) is 4.72 Å². The van der Waals surface area contributed by atoms with E-state index in [0.717, 1.165) is 11.3 Å². The summed E-state index contributed by atoms with van der Waals surface area (Å²) in [4.78, 5) is 0. The fraction of sp³-hybridized carbons (Fsp3) is 0.333. The fourth-order valence-corrected chi connectivity index (χ4v) is 3.42. The van der Waals surface area contributed by atoms with Gasteiger partial charge in [0.2, 0.25) is 10.0 Å². The van der Waals surface area contributed by atoms with Crippen LogP contribution >= 0.6 is 0 Å². The first-order valence-corrected chi connectivity index (χ1v) is 9.36. The molecular formula is C18H23NO4S. The maximum atomic E-state index is 12.2. The third-order valence-corrected chi connectivity index (χ3v) is 5.18. The number of rotatable bonds is 8. The second-order valence-electron chi connectivity index (χ2n) is 5.88. The van der Waals surface area contributed by atoms with Crippen LogP contribution in [0, 0.1) is 0 Å². The van der Waals surface area contributed by atoms with Crippen molar-refractivity contribution in [3.63, 3.8) is 0 Å². The minimum atomic E-state index is -3.48. The molecule has 0 aliphatic heterocycles. The summed E-state index contributed by atoms with van der Waals surface area (Å²) in [6, 6.07) is 16.3. The molecule has 0 aliphatic carbocycles. The number of hydrogen-bond acceptors (Lipinski definition) is 4. The standard InChI is InChI=1S/C18H23NO4S/c1-18(20,16-6-4-3-5-7-16)14-19-24(21,22)13-12-15-8-10-17(23-2)11-9-15/h3-11,19-20H,12-14H2,1-2H3. The van der Waals surface area contributed by atoms with Crippen LogP contribution in [0.4, 0.5) is 0 Å². The Kier molecular flexibility index (Phi) is 5.99. The van der Waals surface area contributed by atoms with E-state index in [2.05, 4.69) is 4.72 Å². The number of nitrogens with one attached hydrogen (secondary N) is 1. The highest BCUT2D eigenvalue weighted by Crippen LogP contribution is 2.19. The van der Waals surface area contributed by atoms with E-state index in [1.54, 1.807) is 38.3 Å². The van der Waals surface area contributed by atoms with E-state index < -0.39 is 15.6 Å². The van der Waals surface area contributed by atoms with E-state index in [9.17, 15) is 13.5 Å². The van der Waals surface area contributed by atoms with E-state index >= 15 is 0 Å². The number of hydrogen-bond donors (Lipinski definition) is 2. The number of aliphatic hydroxyl groups is 1. The van der Waals surface area contributed by atoms with Crippen LogP contribution in [0.1, 0.15) is 18.1 Å². The topological polar surface area (TPSA) is 75.6 Å². The molecule has 2 rings (SSSR count). The van der Waals surface area contributed by atoms with Gasteiger partial charge in [-0.25, -0.2) is 13.1 Å². The summed E-state index contributed by atoms with van der Waals surface area (Å²) in [5.74, 6) is 0.697. The average Bonchev–Trinajstić information content (AvgIpc) is 2.60. The quantitative estimate of drug-likeness (QED) is 0.765. The monoisotopic (exact) mass is 349 g/mol. The summed E-state index contributed by atoms with van der Waals surface area (Å²) in [7, 11) is -1.89. The van der Waals surface area contributed by atoms with E-state index in [1.807, 2.05) is 30.3 Å². The van der Waals surface area contributed by atoms with E-state index in [0.29, 0.717) is 12.0 Å². The lowest BCUT2D eigenvalue weighted by Crippen LogP contribution is -2.39. The van der Waals surface area contributed by atoms with Gasteiger partial charge in [0.25, 0.3) is 0 Å². The molecule has 1 atom stereocenters. The van der Waals surface area contributed by atoms with Gasteiger partial charge in [-0.2, -0.15) is 0 Å². The Morgan fingerprint density at radius 1 is 1.08 bits per heavy atom. The molecule has 0 radical (unpaired) electrons. The molecule has 0 saturated carbocycles. The van der Waals surface area contributed by atoms with Crippen LogP contribution in [0.25, 0.3) is 0 Å². The van der Waals surface area contributed by atoms with Gasteiger partial charge in [-0.3, -0.25) is 0 Å². The highest BCUT2D eigenvalue weighted by atomic mass is 32.2. The predicted octanol–water partition coefficient (Wildman–Crippen LogP) is 2.06. The van der Waals surface area contributed by atoms with Crippen molar-refractivity contribution in [2.24, 2.45) is 0 Å². The largest absolute Gasteiger partial charge is 0.497 e. The molecule has 0 bridgehead atoms. The van der Waals surface area contributed by atoms with Gasteiger partial charge in [0.05, 0.1) is 12.9 Å². The lowest BCUT2D eigenvalue weighted by atomic mass is 9.97. The third kappa shape index (κ3) is 5.33. The SMILES string of the molecule is COc1ccc(CCS(=O)(=O)NCC(C)(O)c2ccccc2)cc1. The van der Waals surface area contributed by atoms with Gasteiger partial charge in [-0.1, -0.05) is 42.5 Å². The smallest absolute Gasteiger partial charge is 0.212 e. The molecule has 0 fully saturated rings. The zero-order chi connectivity index (χ0) is 17.6. The van der Waals surface area contributed by atoms with Crippen LogP contribution in [0.5, 0.6) is 5.75 Å². The van der Waals surface area contributed by atoms with Crippen molar-refractivity contribution >= 4 is 10.0 Å². The maximum Gasteiger partial charge on any atom is 0.212 e. The van der Waals surface area contributed by atoms with E-state index in [-0.39, 0.29) is 12.3 Å². The van der Waals surface area contributed by atoms with Gasteiger partial charge in [0, 0.05) is 6.54 Å². The first kappa shape index (κ1) is 18.4. The molecule has 0 amide bonds.